The van der Waals surface area contributed by atoms with Gasteiger partial charge in [-0.15, -0.1) is 0 Å². The molecule has 5 atom stereocenters. The van der Waals surface area contributed by atoms with Gasteiger partial charge in [0.25, 0.3) is 0 Å². The molecule has 0 aromatic heterocycles. The Labute approximate surface area is 340 Å². The average molecular weight is 813 g/mol. The zero-order chi connectivity index (χ0) is 41.8. The van der Waals surface area contributed by atoms with Crippen molar-refractivity contribution >= 4 is 13.8 Å². The van der Waals surface area contributed by atoms with E-state index in [1.807, 2.05) is 46.3 Å². The van der Waals surface area contributed by atoms with Gasteiger partial charge in [0.1, 0.15) is 19.8 Å². The number of esters is 1. The number of phosphoric ester groups is 1. The summed E-state index contributed by atoms with van der Waals surface area (Å²) in [5.41, 5.74) is 0. The molecule has 1 unspecified atom stereocenters. The van der Waals surface area contributed by atoms with Crippen molar-refractivity contribution in [2.24, 2.45) is 0 Å². The van der Waals surface area contributed by atoms with Crippen LogP contribution in [0.15, 0.2) is 73.1 Å². The number of likely N-dealkylation sites (N-methyl/N-ethyl adjacent to an activating group) is 1. The van der Waals surface area contributed by atoms with E-state index in [9.17, 15) is 29.6 Å². The number of allylic oxidation sites excluding steroid dienone is 8. The molecule has 0 spiro atoms. The number of hydrogen-bond donors (Lipinski definition) is 4. The van der Waals surface area contributed by atoms with Gasteiger partial charge in [-0.1, -0.05) is 145 Å². The predicted molar refractivity (Wildman–Crippen MR) is 228 cm³/mol. The molecule has 4 N–H and O–H groups in total. The molecular formula is C44H79NO10P+. The lowest BCUT2D eigenvalue weighted by Crippen LogP contribution is -2.37. The van der Waals surface area contributed by atoms with Gasteiger partial charge in [0.15, 0.2) is 6.10 Å². The first-order valence-corrected chi connectivity index (χ1v) is 22.5. The Morgan fingerprint density at radius 3 is 1.91 bits per heavy atom. The first kappa shape index (κ1) is 53.7. The molecule has 56 heavy (non-hydrogen) atoms. The Hall–Kier alpha value is -2.34. The molecule has 0 aromatic rings. The lowest BCUT2D eigenvalue weighted by Gasteiger charge is -2.24. The summed E-state index contributed by atoms with van der Waals surface area (Å²) in [7, 11) is 1.41. The summed E-state index contributed by atoms with van der Waals surface area (Å²) < 4.78 is 34.4. The van der Waals surface area contributed by atoms with Crippen molar-refractivity contribution < 1.29 is 52.6 Å². The van der Waals surface area contributed by atoms with Gasteiger partial charge in [0, 0.05) is 6.42 Å². The summed E-state index contributed by atoms with van der Waals surface area (Å²) in [6, 6.07) is 0. The van der Waals surface area contributed by atoms with Gasteiger partial charge in [0.05, 0.1) is 52.3 Å². The quantitative estimate of drug-likeness (QED) is 0.00909. The van der Waals surface area contributed by atoms with Crippen molar-refractivity contribution in [2.45, 2.75) is 154 Å². The third kappa shape index (κ3) is 37.2. The molecule has 0 bridgehead atoms. The van der Waals surface area contributed by atoms with Gasteiger partial charge < -0.3 is 34.2 Å². The third-order valence-corrected chi connectivity index (χ3v) is 9.67. The standard InChI is InChI=1S/C44H78NO10P/c1-6-8-10-11-12-13-14-15-16-17-18-21-24-28-36-52-38-41(39-54-56(50,51)53-37-35-45(3,4)5)55-44(49)34-29-33-43(48)42(47)32-27-23-20-19-22-26-31-40(46)30-25-9-7-2/h9,19-20,22-23,25-28,31-32,36,40-43,46-48H,6-8,10-18,21,24,29-30,33-35,37-39H2,1-5H3/p+1/b22-19+,23-20-,25-9-,31-26+,32-27-,36-28+/t40-,41+,42+,43+/m0/s1. The highest BCUT2D eigenvalue weighted by Gasteiger charge is 2.26. The Morgan fingerprint density at radius 2 is 1.30 bits per heavy atom. The normalized spacial score (nSPS) is 16.2. The van der Waals surface area contributed by atoms with E-state index >= 15 is 0 Å². The fourth-order valence-corrected chi connectivity index (χ4v) is 6.01. The van der Waals surface area contributed by atoms with E-state index in [0.717, 1.165) is 25.7 Å². The molecule has 12 heteroatoms. The predicted octanol–water partition coefficient (Wildman–Crippen LogP) is 9.19. The molecular weight excluding hydrogens is 733 g/mol. The average Bonchev–Trinajstić information content (AvgIpc) is 3.13. The molecule has 0 saturated heterocycles. The zero-order valence-electron chi connectivity index (χ0n) is 35.4. The Bertz CT molecular complexity index is 1180. The summed E-state index contributed by atoms with van der Waals surface area (Å²) in [6.07, 6.45) is 35.4. The molecule has 11 nitrogen and oxygen atoms in total. The second kappa shape index (κ2) is 35.8. The minimum atomic E-state index is -4.39. The number of unbranched alkanes of at least 4 members (excludes halogenated alkanes) is 12. The van der Waals surface area contributed by atoms with Gasteiger partial charge >= 0.3 is 13.8 Å². The van der Waals surface area contributed by atoms with E-state index in [0.29, 0.717) is 17.4 Å². The maximum atomic E-state index is 12.7. The van der Waals surface area contributed by atoms with Gasteiger partial charge in [-0.3, -0.25) is 13.8 Å². The maximum absolute atomic E-state index is 12.7. The number of carbonyl (C=O) groups is 1. The van der Waals surface area contributed by atoms with Crippen LogP contribution < -0.4 is 0 Å². The molecule has 324 valence electrons. The van der Waals surface area contributed by atoms with Crippen LogP contribution in [0.25, 0.3) is 0 Å². The summed E-state index contributed by atoms with van der Waals surface area (Å²) >= 11 is 0. The van der Waals surface area contributed by atoms with E-state index < -0.39 is 44.8 Å². The van der Waals surface area contributed by atoms with Gasteiger partial charge in [-0.2, -0.15) is 0 Å². The lowest BCUT2D eigenvalue weighted by molar-refractivity contribution is -0.870. The van der Waals surface area contributed by atoms with Crippen molar-refractivity contribution in [1.82, 2.24) is 0 Å². The number of quaternary nitrogens is 1. The number of hydrogen-bond acceptors (Lipinski definition) is 9. The Balaban J connectivity index is 4.69. The molecule has 0 aliphatic rings. The number of nitrogens with zero attached hydrogens (tertiary/aromatic N) is 1. The largest absolute Gasteiger partial charge is 0.498 e. The number of carbonyl (C=O) groups excluding carboxylic acids is 1. The molecule has 0 aliphatic heterocycles. The summed E-state index contributed by atoms with van der Waals surface area (Å²) in [5, 5.41) is 30.5. The molecule has 0 radical (unpaired) electrons. The van der Waals surface area contributed by atoms with E-state index in [-0.39, 0.29) is 32.5 Å². The van der Waals surface area contributed by atoms with Crippen LogP contribution in [0.4, 0.5) is 0 Å². The van der Waals surface area contributed by atoms with Gasteiger partial charge in [-0.25, -0.2) is 4.57 Å². The van der Waals surface area contributed by atoms with Gasteiger partial charge in [-0.05, 0) is 44.6 Å². The first-order valence-electron chi connectivity index (χ1n) is 21.1. The van der Waals surface area contributed by atoms with E-state index in [1.54, 1.807) is 48.8 Å². The van der Waals surface area contributed by atoms with Crippen LogP contribution in [0.1, 0.15) is 129 Å². The zero-order valence-corrected chi connectivity index (χ0v) is 36.3. The Kier molecular flexibility index (Phi) is 34.3. The minimum absolute atomic E-state index is 0.0117. The summed E-state index contributed by atoms with van der Waals surface area (Å²) in [6.45, 7) is 4.31. The molecule has 0 amide bonds. The van der Waals surface area contributed by atoms with E-state index in [4.69, 9.17) is 18.5 Å². The molecule has 0 rings (SSSR count). The number of phosphoric acid groups is 1. The van der Waals surface area contributed by atoms with Crippen LogP contribution in [0.2, 0.25) is 0 Å². The second-order valence-electron chi connectivity index (χ2n) is 15.3. The number of aliphatic hydroxyl groups excluding tert-OH is 3. The Morgan fingerprint density at radius 1 is 0.714 bits per heavy atom. The number of rotatable bonds is 37. The smallest absolute Gasteiger partial charge is 0.472 e. The van der Waals surface area contributed by atoms with Crippen LogP contribution in [0.3, 0.4) is 0 Å². The molecule has 0 saturated carbocycles. The van der Waals surface area contributed by atoms with Crippen LogP contribution in [0, 0.1) is 0 Å². The SMILES string of the molecule is CC/C=C\C[C@H](O)/C=C/C=C/C=C\C=C/[C@@H](O)[C@H](O)CCCC(=O)O[C@H](CO/C=C/CCCCCCCCCCCCCC)COP(=O)(O)OCC[N+](C)(C)C. The van der Waals surface area contributed by atoms with Crippen LogP contribution in [0.5, 0.6) is 0 Å². The van der Waals surface area contributed by atoms with Gasteiger partial charge in [0.2, 0.25) is 0 Å². The number of ether oxygens (including phenoxy) is 2. The molecule has 0 heterocycles. The fraction of sp³-hybridized carbons (Fsp3) is 0.705. The van der Waals surface area contributed by atoms with Crippen LogP contribution >= 0.6 is 7.82 Å². The maximum Gasteiger partial charge on any atom is 0.472 e. The van der Waals surface area contributed by atoms with E-state index in [1.165, 1.54) is 70.3 Å². The molecule has 0 aliphatic carbocycles. The molecule has 0 aromatic carbocycles. The van der Waals surface area contributed by atoms with Crippen LogP contribution in [-0.4, -0.2) is 103 Å². The highest BCUT2D eigenvalue weighted by Crippen LogP contribution is 2.43. The van der Waals surface area contributed by atoms with E-state index in [2.05, 4.69) is 6.92 Å². The second-order valence-corrected chi connectivity index (χ2v) is 16.7. The lowest BCUT2D eigenvalue weighted by atomic mass is 10.0. The molecule has 0 fully saturated rings. The third-order valence-electron chi connectivity index (χ3n) is 8.69. The summed E-state index contributed by atoms with van der Waals surface area (Å²) in [4.78, 5) is 22.9. The van der Waals surface area contributed by atoms with Crippen molar-refractivity contribution in [3.05, 3.63) is 73.1 Å². The van der Waals surface area contributed by atoms with Crippen molar-refractivity contribution in [3.8, 4) is 0 Å². The fourth-order valence-electron chi connectivity index (χ4n) is 5.27. The first-order chi connectivity index (χ1) is 26.8. The van der Waals surface area contributed by atoms with Crippen molar-refractivity contribution in [1.29, 1.82) is 0 Å². The van der Waals surface area contributed by atoms with Crippen molar-refractivity contribution in [2.75, 3.05) is 47.5 Å². The topological polar surface area (TPSA) is 152 Å². The number of aliphatic hydroxyl groups is 3. The van der Waals surface area contributed by atoms with Crippen molar-refractivity contribution in [3.63, 3.8) is 0 Å². The highest BCUT2D eigenvalue weighted by molar-refractivity contribution is 7.47. The monoisotopic (exact) mass is 813 g/mol. The highest BCUT2D eigenvalue weighted by atomic mass is 31.2. The minimum Gasteiger partial charge on any atom is -0.498 e. The van der Waals surface area contributed by atoms with Crippen LogP contribution in [-0.2, 0) is 27.9 Å². The summed E-state index contributed by atoms with van der Waals surface area (Å²) in [5.74, 6) is -0.590.